The van der Waals surface area contributed by atoms with Crippen LogP contribution in [-0.4, -0.2) is 29.4 Å². The van der Waals surface area contributed by atoms with E-state index >= 15 is 0 Å². The smallest absolute Gasteiger partial charge is 0.303 e. The standard InChI is InChI=1S/C7H13N3O3/c8-5(9)4-10-6(11)2-1-3-7(12)13/h1-4H2,(H3,8,9)(H,10,11)(H,12,13). The first kappa shape index (κ1) is 11.4. The maximum atomic E-state index is 10.9. The molecule has 0 aromatic heterocycles. The fourth-order valence-electron chi connectivity index (χ4n) is 0.682. The second kappa shape index (κ2) is 5.99. The van der Waals surface area contributed by atoms with Crippen LogP contribution in [0.3, 0.4) is 0 Å². The van der Waals surface area contributed by atoms with Crippen LogP contribution in [0.15, 0.2) is 0 Å². The van der Waals surface area contributed by atoms with E-state index < -0.39 is 5.97 Å². The van der Waals surface area contributed by atoms with Gasteiger partial charge in [-0.15, -0.1) is 0 Å². The normalized spacial score (nSPS) is 9.23. The molecule has 0 aliphatic heterocycles. The van der Waals surface area contributed by atoms with Gasteiger partial charge in [0.15, 0.2) is 0 Å². The van der Waals surface area contributed by atoms with E-state index in [4.69, 9.17) is 16.2 Å². The molecular formula is C7H13N3O3. The highest BCUT2D eigenvalue weighted by Gasteiger charge is 2.03. The molecule has 74 valence electrons. The van der Waals surface area contributed by atoms with Crippen LogP contribution in [0.5, 0.6) is 0 Å². The van der Waals surface area contributed by atoms with E-state index in [1.165, 1.54) is 0 Å². The lowest BCUT2D eigenvalue weighted by atomic mass is 10.2. The predicted molar refractivity (Wildman–Crippen MR) is 46.4 cm³/mol. The Morgan fingerprint density at radius 2 is 2.00 bits per heavy atom. The first-order chi connectivity index (χ1) is 6.02. The molecule has 6 heteroatoms. The van der Waals surface area contributed by atoms with Crippen molar-refractivity contribution in [1.29, 1.82) is 5.41 Å². The molecule has 0 aromatic rings. The first-order valence-electron chi connectivity index (χ1n) is 3.83. The fourth-order valence-corrected chi connectivity index (χ4v) is 0.682. The van der Waals surface area contributed by atoms with Gasteiger partial charge in [0, 0.05) is 12.8 Å². The van der Waals surface area contributed by atoms with Crippen LogP contribution in [0.25, 0.3) is 0 Å². The topological polar surface area (TPSA) is 116 Å². The molecule has 0 saturated carbocycles. The van der Waals surface area contributed by atoms with Crippen molar-refractivity contribution in [1.82, 2.24) is 5.32 Å². The highest BCUT2D eigenvalue weighted by Crippen LogP contribution is 1.94. The summed E-state index contributed by atoms with van der Waals surface area (Å²) in [6.07, 6.45) is 0.437. The molecule has 1 amide bonds. The van der Waals surface area contributed by atoms with Gasteiger partial charge >= 0.3 is 5.97 Å². The Labute approximate surface area is 75.6 Å². The Morgan fingerprint density at radius 3 is 2.46 bits per heavy atom. The quantitative estimate of drug-likeness (QED) is 0.324. The average molecular weight is 187 g/mol. The van der Waals surface area contributed by atoms with Crippen molar-refractivity contribution in [3.05, 3.63) is 0 Å². The van der Waals surface area contributed by atoms with Crippen molar-refractivity contribution in [3.63, 3.8) is 0 Å². The maximum absolute atomic E-state index is 10.9. The Morgan fingerprint density at radius 1 is 1.38 bits per heavy atom. The van der Waals surface area contributed by atoms with Gasteiger partial charge in [-0.25, -0.2) is 0 Å². The number of aliphatic carboxylic acids is 1. The first-order valence-corrected chi connectivity index (χ1v) is 3.83. The Bertz CT molecular complexity index is 215. The molecule has 0 heterocycles. The molecule has 0 rings (SSSR count). The van der Waals surface area contributed by atoms with Crippen LogP contribution in [0.4, 0.5) is 0 Å². The molecule has 0 fully saturated rings. The monoisotopic (exact) mass is 187 g/mol. The van der Waals surface area contributed by atoms with Crippen molar-refractivity contribution < 1.29 is 14.7 Å². The van der Waals surface area contributed by atoms with Crippen LogP contribution >= 0.6 is 0 Å². The third-order valence-electron chi connectivity index (χ3n) is 1.27. The predicted octanol–water partition coefficient (Wildman–Crippen LogP) is -0.707. The van der Waals surface area contributed by atoms with Gasteiger partial charge in [0.25, 0.3) is 0 Å². The summed E-state index contributed by atoms with van der Waals surface area (Å²) in [4.78, 5) is 20.9. The van der Waals surface area contributed by atoms with E-state index in [1.807, 2.05) is 0 Å². The Hall–Kier alpha value is -1.59. The van der Waals surface area contributed by atoms with E-state index in [-0.39, 0.29) is 31.1 Å². The molecule has 5 N–H and O–H groups in total. The molecule has 0 aliphatic rings. The molecule has 0 radical (unpaired) electrons. The van der Waals surface area contributed by atoms with E-state index in [1.54, 1.807) is 0 Å². The number of hydrogen-bond acceptors (Lipinski definition) is 3. The van der Waals surface area contributed by atoms with Crippen LogP contribution in [0.2, 0.25) is 0 Å². The van der Waals surface area contributed by atoms with Gasteiger partial charge in [0.2, 0.25) is 5.91 Å². The lowest BCUT2D eigenvalue weighted by molar-refractivity contribution is -0.137. The van der Waals surface area contributed by atoms with E-state index in [0.717, 1.165) is 0 Å². The van der Waals surface area contributed by atoms with Crippen molar-refractivity contribution in [2.24, 2.45) is 5.73 Å². The molecule has 0 aromatic carbocycles. The highest BCUT2D eigenvalue weighted by molar-refractivity contribution is 5.85. The van der Waals surface area contributed by atoms with Crippen molar-refractivity contribution in [2.75, 3.05) is 6.54 Å². The third-order valence-corrected chi connectivity index (χ3v) is 1.27. The van der Waals surface area contributed by atoms with Gasteiger partial charge in [0.1, 0.15) is 5.84 Å². The summed E-state index contributed by atoms with van der Waals surface area (Å²) in [6, 6.07) is 0. The van der Waals surface area contributed by atoms with Gasteiger partial charge in [-0.05, 0) is 6.42 Å². The number of hydrogen-bond donors (Lipinski definition) is 4. The number of nitrogens with one attached hydrogen (secondary N) is 2. The number of amidine groups is 1. The van der Waals surface area contributed by atoms with Gasteiger partial charge in [-0.2, -0.15) is 0 Å². The summed E-state index contributed by atoms with van der Waals surface area (Å²) >= 11 is 0. The minimum atomic E-state index is -0.917. The molecule has 0 saturated heterocycles. The summed E-state index contributed by atoms with van der Waals surface area (Å²) in [5.74, 6) is -1.32. The largest absolute Gasteiger partial charge is 0.481 e. The van der Waals surface area contributed by atoms with Gasteiger partial charge < -0.3 is 16.2 Å². The molecule has 13 heavy (non-hydrogen) atoms. The van der Waals surface area contributed by atoms with Crippen LogP contribution in [0, 0.1) is 5.41 Å². The van der Waals surface area contributed by atoms with Crippen LogP contribution in [-0.2, 0) is 9.59 Å². The average Bonchev–Trinajstić information content (AvgIpc) is 2.00. The lowest BCUT2D eigenvalue weighted by Crippen LogP contribution is -2.32. The number of carboxylic acid groups (broad SMARTS) is 1. The van der Waals surface area contributed by atoms with E-state index in [2.05, 4.69) is 5.32 Å². The Kier molecular flexibility index (Phi) is 5.25. The number of rotatable bonds is 6. The number of nitrogens with two attached hydrogens (primary N) is 1. The SMILES string of the molecule is N=C(N)CNC(=O)CCCC(=O)O. The summed E-state index contributed by atoms with van der Waals surface area (Å²) in [7, 11) is 0. The van der Waals surface area contributed by atoms with Gasteiger partial charge in [-0.1, -0.05) is 0 Å². The lowest BCUT2D eigenvalue weighted by Gasteiger charge is -2.01. The molecule has 0 bridgehead atoms. The summed E-state index contributed by atoms with van der Waals surface area (Å²) < 4.78 is 0. The summed E-state index contributed by atoms with van der Waals surface area (Å²) in [6.45, 7) is 0.0197. The number of amides is 1. The minimum Gasteiger partial charge on any atom is -0.481 e. The van der Waals surface area contributed by atoms with Crippen LogP contribution < -0.4 is 11.1 Å². The minimum absolute atomic E-state index is 0.0197. The zero-order valence-electron chi connectivity index (χ0n) is 7.17. The summed E-state index contributed by atoms with van der Waals surface area (Å²) in [5.41, 5.74) is 4.99. The van der Waals surface area contributed by atoms with Gasteiger partial charge in [0.05, 0.1) is 6.54 Å². The highest BCUT2D eigenvalue weighted by atomic mass is 16.4. The number of carboxylic acids is 1. The molecule has 6 nitrogen and oxygen atoms in total. The molecule has 0 unspecified atom stereocenters. The summed E-state index contributed by atoms with van der Waals surface area (Å²) in [5, 5.41) is 17.4. The second-order valence-electron chi connectivity index (χ2n) is 2.55. The molecule has 0 atom stereocenters. The zero-order chi connectivity index (χ0) is 10.3. The van der Waals surface area contributed by atoms with Crippen molar-refractivity contribution in [3.8, 4) is 0 Å². The third kappa shape index (κ3) is 8.32. The maximum Gasteiger partial charge on any atom is 0.303 e. The second-order valence-corrected chi connectivity index (χ2v) is 2.55. The number of carbonyl (C=O) groups is 2. The molecular weight excluding hydrogens is 174 g/mol. The molecule has 0 aliphatic carbocycles. The van der Waals surface area contributed by atoms with Crippen molar-refractivity contribution in [2.45, 2.75) is 19.3 Å². The van der Waals surface area contributed by atoms with Crippen molar-refractivity contribution >= 4 is 17.7 Å². The Balaban J connectivity index is 3.41. The molecule has 0 spiro atoms. The zero-order valence-corrected chi connectivity index (χ0v) is 7.17. The van der Waals surface area contributed by atoms with E-state index in [9.17, 15) is 9.59 Å². The van der Waals surface area contributed by atoms with Crippen LogP contribution in [0.1, 0.15) is 19.3 Å². The van der Waals surface area contributed by atoms with Gasteiger partial charge in [-0.3, -0.25) is 15.0 Å². The van der Waals surface area contributed by atoms with E-state index in [0.29, 0.717) is 6.42 Å². The number of carbonyl (C=O) groups excluding carboxylic acids is 1. The fraction of sp³-hybridized carbons (Fsp3) is 0.571.